The van der Waals surface area contributed by atoms with Crippen LogP contribution in [0.25, 0.3) is 11.3 Å². The van der Waals surface area contributed by atoms with Crippen LogP contribution < -0.4 is 4.74 Å². The molecule has 2 aliphatic rings. The van der Waals surface area contributed by atoms with Gasteiger partial charge in [-0.25, -0.2) is 4.39 Å². The smallest absolute Gasteiger partial charge is 0.138 e. The molecule has 0 atom stereocenters. The topological polar surface area (TPSA) is 27.1 Å². The first-order valence-corrected chi connectivity index (χ1v) is 7.21. The van der Waals surface area contributed by atoms with Crippen LogP contribution in [0.15, 0.2) is 24.4 Å². The summed E-state index contributed by atoms with van der Waals surface area (Å²) in [6.07, 6.45) is 7.67. The van der Waals surface area contributed by atoms with E-state index in [0.29, 0.717) is 0 Å². The molecule has 1 aliphatic heterocycles. The minimum atomic E-state index is -0.257. The van der Waals surface area contributed by atoms with Gasteiger partial charge in [0.25, 0.3) is 0 Å². The molecule has 1 aromatic heterocycles. The zero-order valence-electron chi connectivity index (χ0n) is 11.5. The molecule has 1 spiro atoms. The maximum absolute atomic E-state index is 13.5. The quantitative estimate of drug-likeness (QED) is 0.729. The van der Waals surface area contributed by atoms with Crippen molar-refractivity contribution >= 4 is 0 Å². The van der Waals surface area contributed by atoms with Gasteiger partial charge in [0.05, 0.1) is 0 Å². The number of aryl methyl sites for hydroxylation is 1. The van der Waals surface area contributed by atoms with Gasteiger partial charge in [-0.15, -0.1) is 0 Å². The predicted molar refractivity (Wildman–Crippen MR) is 74.0 cm³/mol. The lowest BCUT2D eigenvalue weighted by atomic mass is 9.77. The van der Waals surface area contributed by atoms with Gasteiger partial charge in [0.1, 0.15) is 22.9 Å². The van der Waals surface area contributed by atoms with Crippen molar-refractivity contribution in [3.8, 4) is 17.0 Å². The Bertz CT molecular complexity index is 671. The van der Waals surface area contributed by atoms with Crippen molar-refractivity contribution in [1.82, 2.24) is 9.78 Å². The van der Waals surface area contributed by atoms with E-state index < -0.39 is 0 Å². The Labute approximate surface area is 117 Å². The Morgan fingerprint density at radius 2 is 2.05 bits per heavy atom. The van der Waals surface area contributed by atoms with Crippen LogP contribution in [0, 0.1) is 5.82 Å². The predicted octanol–water partition coefficient (Wildman–Crippen LogP) is 3.78. The number of nitrogens with zero attached hydrogens (tertiary/aromatic N) is 2. The van der Waals surface area contributed by atoms with Crippen LogP contribution in [-0.4, -0.2) is 9.78 Å². The first kappa shape index (κ1) is 11.9. The third kappa shape index (κ3) is 1.60. The maximum atomic E-state index is 13.5. The van der Waals surface area contributed by atoms with Gasteiger partial charge in [-0.3, -0.25) is 4.68 Å². The molecule has 3 nitrogen and oxygen atoms in total. The van der Waals surface area contributed by atoms with E-state index in [2.05, 4.69) is 5.10 Å². The minimum absolute atomic E-state index is 0.247. The van der Waals surface area contributed by atoms with E-state index in [9.17, 15) is 4.39 Å². The monoisotopic (exact) mass is 272 g/mol. The van der Waals surface area contributed by atoms with Gasteiger partial charge in [0.2, 0.25) is 0 Å². The molecule has 0 saturated heterocycles. The summed E-state index contributed by atoms with van der Waals surface area (Å²) in [7, 11) is 1.91. The van der Waals surface area contributed by atoms with E-state index in [1.807, 2.05) is 17.9 Å². The molecule has 20 heavy (non-hydrogen) atoms. The zero-order valence-corrected chi connectivity index (χ0v) is 11.5. The van der Waals surface area contributed by atoms with Gasteiger partial charge >= 0.3 is 0 Å². The molecule has 1 aromatic carbocycles. The Kier molecular flexibility index (Phi) is 2.43. The zero-order chi connectivity index (χ0) is 13.7. The molecule has 0 N–H and O–H groups in total. The van der Waals surface area contributed by atoms with Crippen molar-refractivity contribution in [1.29, 1.82) is 0 Å². The normalized spacial score (nSPS) is 19.3. The Balaban J connectivity index is 1.94. The molecule has 4 rings (SSSR count). The van der Waals surface area contributed by atoms with Gasteiger partial charge in [0, 0.05) is 24.4 Å². The standard InChI is InChI=1S/C16H17FN2O/c1-19-10-13-15(18-19)12-9-11(17)5-6-14(12)20-16(13)7-3-2-4-8-16/h5-6,9-10H,2-4,7-8H2,1H3. The molecule has 1 fully saturated rings. The van der Waals surface area contributed by atoms with Crippen LogP contribution in [0.4, 0.5) is 4.39 Å². The molecular weight excluding hydrogens is 255 g/mol. The fraction of sp³-hybridized carbons (Fsp3) is 0.438. The molecule has 104 valence electrons. The molecule has 0 bridgehead atoms. The van der Waals surface area contributed by atoms with Crippen molar-refractivity contribution < 1.29 is 9.13 Å². The molecule has 4 heteroatoms. The van der Waals surface area contributed by atoms with Crippen molar-refractivity contribution in [3.63, 3.8) is 0 Å². The first-order chi connectivity index (χ1) is 9.68. The molecule has 1 aliphatic carbocycles. The number of aromatic nitrogens is 2. The fourth-order valence-corrected chi connectivity index (χ4v) is 3.56. The number of fused-ring (bicyclic) bond motifs is 4. The number of ether oxygens (including phenoxy) is 1. The summed E-state index contributed by atoms with van der Waals surface area (Å²) in [5, 5.41) is 4.55. The van der Waals surface area contributed by atoms with E-state index >= 15 is 0 Å². The summed E-state index contributed by atoms with van der Waals surface area (Å²) < 4.78 is 21.7. The molecule has 2 heterocycles. The first-order valence-electron chi connectivity index (χ1n) is 7.21. The van der Waals surface area contributed by atoms with Crippen molar-refractivity contribution in [2.45, 2.75) is 37.7 Å². The lowest BCUT2D eigenvalue weighted by Gasteiger charge is -2.40. The lowest BCUT2D eigenvalue weighted by Crippen LogP contribution is -2.37. The van der Waals surface area contributed by atoms with Gasteiger partial charge in [0.15, 0.2) is 0 Å². The largest absolute Gasteiger partial charge is 0.482 e. The molecule has 0 unspecified atom stereocenters. The summed E-state index contributed by atoms with van der Waals surface area (Å²) >= 11 is 0. The Hall–Kier alpha value is -1.84. The lowest BCUT2D eigenvalue weighted by molar-refractivity contribution is 0.0238. The highest BCUT2D eigenvalue weighted by atomic mass is 19.1. The van der Waals surface area contributed by atoms with Crippen LogP contribution in [0.3, 0.4) is 0 Å². The van der Waals surface area contributed by atoms with E-state index in [1.54, 1.807) is 6.07 Å². The Morgan fingerprint density at radius 3 is 2.85 bits per heavy atom. The van der Waals surface area contributed by atoms with Crippen LogP contribution >= 0.6 is 0 Å². The second-order valence-electron chi connectivity index (χ2n) is 5.86. The highest BCUT2D eigenvalue weighted by molar-refractivity contribution is 5.73. The van der Waals surface area contributed by atoms with E-state index in [4.69, 9.17) is 4.74 Å². The molecule has 0 amide bonds. The van der Waals surface area contributed by atoms with Crippen molar-refractivity contribution in [2.24, 2.45) is 7.05 Å². The number of rotatable bonds is 0. The average molecular weight is 272 g/mol. The number of hydrogen-bond acceptors (Lipinski definition) is 2. The van der Waals surface area contributed by atoms with Gasteiger partial charge < -0.3 is 4.74 Å². The summed E-state index contributed by atoms with van der Waals surface area (Å²) in [6, 6.07) is 4.72. The summed E-state index contributed by atoms with van der Waals surface area (Å²) in [4.78, 5) is 0. The second kappa shape index (κ2) is 4.08. The number of hydrogen-bond donors (Lipinski definition) is 0. The third-order valence-electron chi connectivity index (χ3n) is 4.48. The van der Waals surface area contributed by atoms with Gasteiger partial charge in [-0.05, 0) is 43.9 Å². The van der Waals surface area contributed by atoms with Gasteiger partial charge in [-0.1, -0.05) is 6.42 Å². The number of benzene rings is 1. The molecule has 1 saturated carbocycles. The van der Waals surface area contributed by atoms with Crippen molar-refractivity contribution in [2.75, 3.05) is 0 Å². The highest BCUT2D eigenvalue weighted by Crippen LogP contribution is 2.50. The van der Waals surface area contributed by atoms with Crippen LogP contribution in [0.5, 0.6) is 5.75 Å². The second-order valence-corrected chi connectivity index (χ2v) is 5.86. The molecular formula is C16H17FN2O. The molecule has 2 aromatic rings. The van der Waals surface area contributed by atoms with Crippen molar-refractivity contribution in [3.05, 3.63) is 35.8 Å². The summed E-state index contributed by atoms with van der Waals surface area (Å²) in [5.74, 6) is 0.517. The van der Waals surface area contributed by atoms with E-state index in [1.165, 1.54) is 31.4 Å². The maximum Gasteiger partial charge on any atom is 0.138 e. The number of halogens is 1. The molecule has 0 radical (unpaired) electrons. The van der Waals surface area contributed by atoms with Crippen LogP contribution in [-0.2, 0) is 12.6 Å². The summed E-state index contributed by atoms with van der Waals surface area (Å²) in [5.41, 5.74) is 2.52. The van der Waals surface area contributed by atoms with E-state index in [0.717, 1.165) is 35.4 Å². The van der Waals surface area contributed by atoms with Gasteiger partial charge in [-0.2, -0.15) is 5.10 Å². The average Bonchev–Trinajstić information content (AvgIpc) is 2.84. The van der Waals surface area contributed by atoms with Crippen LogP contribution in [0.2, 0.25) is 0 Å². The van der Waals surface area contributed by atoms with Crippen LogP contribution in [0.1, 0.15) is 37.7 Å². The minimum Gasteiger partial charge on any atom is -0.482 e. The summed E-state index contributed by atoms with van der Waals surface area (Å²) in [6.45, 7) is 0. The highest BCUT2D eigenvalue weighted by Gasteiger charge is 2.43. The Morgan fingerprint density at radius 1 is 1.25 bits per heavy atom. The fourth-order valence-electron chi connectivity index (χ4n) is 3.56. The SMILES string of the molecule is Cn1cc2c(n1)-c1cc(F)ccc1OC21CCCCC1. The third-order valence-corrected chi connectivity index (χ3v) is 4.48. The van der Waals surface area contributed by atoms with E-state index in [-0.39, 0.29) is 11.4 Å².